The van der Waals surface area contributed by atoms with Crippen molar-refractivity contribution < 1.29 is 31.5 Å². The molecule has 1 aliphatic heterocycles. The number of amides is 2. The topological polar surface area (TPSA) is 177 Å². The van der Waals surface area contributed by atoms with Crippen molar-refractivity contribution in [1.29, 1.82) is 0 Å². The highest BCUT2D eigenvalue weighted by molar-refractivity contribution is 7.92. The number of nitrogens with one attached hydrogen (secondary N) is 1. The van der Waals surface area contributed by atoms with Gasteiger partial charge in [-0.25, -0.2) is 27.0 Å². The molecule has 2 heterocycles. The molecule has 0 radical (unpaired) electrons. The fourth-order valence-corrected chi connectivity index (χ4v) is 10.1. The first-order valence-electron chi connectivity index (χ1n) is 18.2. The number of aliphatic hydroxyl groups is 1. The summed E-state index contributed by atoms with van der Waals surface area (Å²) in [5, 5.41) is 17.6. The van der Waals surface area contributed by atoms with E-state index in [1.807, 2.05) is 24.3 Å². The number of aromatic nitrogens is 1. The monoisotopic (exact) mass is 762 g/mol. The van der Waals surface area contributed by atoms with Crippen LogP contribution in [0.4, 0.5) is 0 Å². The van der Waals surface area contributed by atoms with E-state index >= 15 is 0 Å². The van der Waals surface area contributed by atoms with Crippen molar-refractivity contribution >= 4 is 53.2 Å². The number of fused-ring (bicyclic) bond motifs is 1. The minimum absolute atomic E-state index is 0.0146. The lowest BCUT2D eigenvalue weighted by molar-refractivity contribution is -0.124. The van der Waals surface area contributed by atoms with E-state index in [1.165, 1.54) is 44.9 Å². The van der Waals surface area contributed by atoms with Crippen molar-refractivity contribution in [2.24, 2.45) is 5.14 Å². The molecule has 282 valence electrons. The van der Waals surface area contributed by atoms with Crippen molar-refractivity contribution in [3.63, 3.8) is 0 Å². The van der Waals surface area contributed by atoms with Crippen LogP contribution in [0.1, 0.15) is 112 Å². The average molecular weight is 763 g/mol. The van der Waals surface area contributed by atoms with Crippen LogP contribution >= 0.6 is 11.3 Å². The molecule has 0 spiro atoms. The Balaban J connectivity index is 1.51. The summed E-state index contributed by atoms with van der Waals surface area (Å²) in [5.41, 5.74) is 2.74. The Labute approximate surface area is 307 Å². The first-order valence-corrected chi connectivity index (χ1v) is 22.6. The summed E-state index contributed by atoms with van der Waals surface area (Å²) in [6.45, 7) is 2.74. The number of hydrogen-bond donors (Lipinski definition) is 3. The van der Waals surface area contributed by atoms with Gasteiger partial charge in [-0.3, -0.25) is 9.59 Å². The molecule has 1 fully saturated rings. The van der Waals surface area contributed by atoms with E-state index in [-0.39, 0.29) is 23.9 Å². The number of benzene rings is 2. The largest absolute Gasteiger partial charge is 0.391 e. The number of rotatable bonds is 21. The van der Waals surface area contributed by atoms with E-state index in [4.69, 9.17) is 10.1 Å². The number of sulfone groups is 1. The summed E-state index contributed by atoms with van der Waals surface area (Å²) >= 11 is 1.14. The number of carbonyl (C=O) groups is 2. The summed E-state index contributed by atoms with van der Waals surface area (Å²) < 4.78 is 49.2. The van der Waals surface area contributed by atoms with Crippen LogP contribution in [0.5, 0.6) is 0 Å². The molecule has 2 atom stereocenters. The van der Waals surface area contributed by atoms with Crippen molar-refractivity contribution in [2.45, 2.75) is 108 Å². The molecule has 1 aromatic heterocycles. The predicted molar refractivity (Wildman–Crippen MR) is 205 cm³/mol. The third-order valence-electron chi connectivity index (χ3n) is 9.70. The number of β-amino-alcohol motifs (C(OH)–C–C–N with tert-alkyl or cyclic N) is 1. The Morgan fingerprint density at radius 1 is 0.922 bits per heavy atom. The SMILES string of the molecule is CCCCCCCCCCCCCCC(C(=O)NCCS(N)(=O)=O)(c1nc2ccc(-c3ccc(C(=O)N4CC[C@@H](O)C4)cc3)cc2s1)S(C)(=O)=O. The van der Waals surface area contributed by atoms with Crippen LogP contribution < -0.4 is 10.5 Å². The molecule has 0 aliphatic carbocycles. The number of aliphatic hydroxyl groups excluding tert-OH is 1. The zero-order chi connectivity index (χ0) is 37.1. The van der Waals surface area contributed by atoms with Gasteiger partial charge in [0.25, 0.3) is 5.91 Å². The summed E-state index contributed by atoms with van der Waals surface area (Å²) in [4.78, 5) is 33.1. The molecule has 2 aromatic carbocycles. The van der Waals surface area contributed by atoms with Crippen LogP contribution in [-0.2, 0) is 29.4 Å². The number of thiazole rings is 1. The molecule has 14 heteroatoms. The Hall–Kier alpha value is -2.91. The molecule has 2 amide bonds. The van der Waals surface area contributed by atoms with Gasteiger partial charge in [-0.1, -0.05) is 102 Å². The fourth-order valence-electron chi connectivity index (χ4n) is 6.69. The quantitative estimate of drug-likeness (QED) is 0.112. The minimum Gasteiger partial charge on any atom is -0.391 e. The lowest BCUT2D eigenvalue weighted by Gasteiger charge is -2.29. The second kappa shape index (κ2) is 18.7. The number of hydrogen-bond acceptors (Lipinski definition) is 9. The van der Waals surface area contributed by atoms with Gasteiger partial charge in [0, 0.05) is 31.5 Å². The second-order valence-corrected chi connectivity index (χ2v) is 18.8. The van der Waals surface area contributed by atoms with Crippen LogP contribution in [0.25, 0.3) is 21.3 Å². The average Bonchev–Trinajstić information content (AvgIpc) is 3.71. The molecular weight excluding hydrogens is 709 g/mol. The van der Waals surface area contributed by atoms with Gasteiger partial charge < -0.3 is 15.3 Å². The molecule has 51 heavy (non-hydrogen) atoms. The van der Waals surface area contributed by atoms with Crippen LogP contribution in [0.3, 0.4) is 0 Å². The van der Waals surface area contributed by atoms with E-state index in [1.54, 1.807) is 23.1 Å². The fraction of sp³-hybridized carbons (Fsp3) is 0.595. The molecular formula is C37H54N4O7S3. The Kier molecular flexibility index (Phi) is 15.0. The molecule has 4 N–H and O–H groups in total. The van der Waals surface area contributed by atoms with Gasteiger partial charge in [-0.15, -0.1) is 11.3 Å². The highest BCUT2D eigenvalue weighted by Crippen LogP contribution is 2.41. The number of sulfonamides is 1. The summed E-state index contributed by atoms with van der Waals surface area (Å²) in [5.74, 6) is -1.46. The van der Waals surface area contributed by atoms with Gasteiger partial charge in [0.05, 0.1) is 22.1 Å². The molecule has 1 aliphatic rings. The van der Waals surface area contributed by atoms with Gasteiger partial charge in [0.2, 0.25) is 20.7 Å². The minimum atomic E-state index is -4.09. The highest BCUT2D eigenvalue weighted by Gasteiger charge is 2.51. The zero-order valence-corrected chi connectivity index (χ0v) is 32.4. The Bertz CT molecular complexity index is 1830. The predicted octanol–water partition coefficient (Wildman–Crippen LogP) is 5.91. The van der Waals surface area contributed by atoms with Crippen molar-refractivity contribution in [2.75, 3.05) is 31.6 Å². The molecule has 3 aromatic rings. The standard InChI is InChI=1S/C37H54N4O7S3/c1-3-4-5-6-7-8-9-10-11-12-13-14-22-37(50(2,45)46,35(44)39-23-25-51(38,47)48)36-40-32-20-19-30(26-33(32)49-36)28-15-17-29(18-16-28)34(43)41-24-21-31(42)27-41/h15-20,26,31,42H,3-14,21-25,27H2,1-2H3,(H,39,44)(H2,38,47,48)/t31-,37?/m1/s1. The molecule has 0 bridgehead atoms. The van der Waals surface area contributed by atoms with Crippen LogP contribution in [0, 0.1) is 0 Å². The van der Waals surface area contributed by atoms with Crippen LogP contribution in [0.2, 0.25) is 0 Å². The number of nitrogens with two attached hydrogens (primary N) is 1. The van der Waals surface area contributed by atoms with Gasteiger partial charge in [0.1, 0.15) is 5.01 Å². The third kappa shape index (κ3) is 11.3. The molecule has 1 saturated heterocycles. The number of nitrogens with zero attached hydrogens (tertiary/aromatic N) is 2. The number of carbonyl (C=O) groups excluding carboxylic acids is 2. The second-order valence-electron chi connectivity index (χ2n) is 13.8. The van der Waals surface area contributed by atoms with E-state index in [2.05, 4.69) is 12.2 Å². The van der Waals surface area contributed by atoms with E-state index < -0.39 is 42.4 Å². The maximum Gasteiger partial charge on any atom is 0.253 e. The van der Waals surface area contributed by atoms with Gasteiger partial charge in [-0.2, -0.15) is 0 Å². The van der Waals surface area contributed by atoms with Crippen molar-refractivity contribution in [3.8, 4) is 11.1 Å². The van der Waals surface area contributed by atoms with E-state index in [0.717, 1.165) is 54.4 Å². The number of likely N-dealkylation sites (tertiary alicyclic amines) is 1. The lowest BCUT2D eigenvalue weighted by Crippen LogP contribution is -2.50. The normalized spacial score (nSPS) is 16.4. The summed E-state index contributed by atoms with van der Waals surface area (Å²) in [6.07, 6.45) is 14.3. The molecule has 0 saturated carbocycles. The van der Waals surface area contributed by atoms with Gasteiger partial charge >= 0.3 is 0 Å². The lowest BCUT2D eigenvalue weighted by atomic mass is 9.98. The first-order chi connectivity index (χ1) is 24.2. The van der Waals surface area contributed by atoms with Crippen molar-refractivity contribution in [3.05, 3.63) is 53.0 Å². The Morgan fingerprint density at radius 2 is 1.51 bits per heavy atom. The first kappa shape index (κ1) is 40.9. The molecule has 4 rings (SSSR count). The zero-order valence-electron chi connectivity index (χ0n) is 29.9. The van der Waals surface area contributed by atoms with Crippen molar-refractivity contribution in [1.82, 2.24) is 15.2 Å². The maximum atomic E-state index is 13.9. The van der Waals surface area contributed by atoms with Crippen LogP contribution in [0.15, 0.2) is 42.5 Å². The highest BCUT2D eigenvalue weighted by atomic mass is 32.2. The number of primary sulfonamides is 1. The number of unbranched alkanes of at least 4 members (excludes halogenated alkanes) is 11. The smallest absolute Gasteiger partial charge is 0.253 e. The summed E-state index contributed by atoms with van der Waals surface area (Å²) in [7, 11) is -7.97. The molecule has 1 unspecified atom stereocenters. The third-order valence-corrected chi connectivity index (χ3v) is 13.6. The summed E-state index contributed by atoms with van der Waals surface area (Å²) in [6, 6.07) is 12.7. The Morgan fingerprint density at radius 3 is 2.06 bits per heavy atom. The van der Waals surface area contributed by atoms with E-state index in [9.17, 15) is 31.5 Å². The van der Waals surface area contributed by atoms with Gasteiger partial charge in [-0.05, 0) is 48.2 Å². The molecule has 11 nitrogen and oxygen atoms in total. The maximum absolute atomic E-state index is 13.9. The van der Waals surface area contributed by atoms with E-state index in [0.29, 0.717) is 41.7 Å². The van der Waals surface area contributed by atoms with Crippen LogP contribution in [-0.4, -0.2) is 81.4 Å². The van der Waals surface area contributed by atoms with Gasteiger partial charge in [0.15, 0.2) is 9.84 Å².